The van der Waals surface area contributed by atoms with Gasteiger partial charge in [-0.05, 0) is 13.8 Å². The van der Waals surface area contributed by atoms with Gasteiger partial charge in [-0.25, -0.2) is 0 Å². The Kier molecular flexibility index (Phi) is 3.12. The number of furan rings is 1. The first-order valence-electron chi connectivity index (χ1n) is 4.53. The fourth-order valence-electron chi connectivity index (χ4n) is 1.27. The van der Waals surface area contributed by atoms with Gasteiger partial charge >= 0.3 is 0 Å². The Hall–Kier alpha value is -1.25. The highest BCUT2D eigenvalue weighted by molar-refractivity contribution is 5.92. The standard InChI is InChI=1S/C10H15NO2/c1-4-11(5-2)9-6-10(8(3)12)13-7-9/h6-7H,4-5H2,1-3H3. The van der Waals surface area contributed by atoms with E-state index in [2.05, 4.69) is 18.7 Å². The second kappa shape index (κ2) is 4.12. The van der Waals surface area contributed by atoms with Gasteiger partial charge in [-0.2, -0.15) is 0 Å². The molecule has 1 aromatic heterocycles. The highest BCUT2D eigenvalue weighted by Gasteiger charge is 2.09. The number of anilines is 1. The summed E-state index contributed by atoms with van der Waals surface area (Å²) in [6.07, 6.45) is 1.63. The summed E-state index contributed by atoms with van der Waals surface area (Å²) in [5, 5.41) is 0. The molecule has 0 fully saturated rings. The van der Waals surface area contributed by atoms with Crippen molar-refractivity contribution in [1.29, 1.82) is 0 Å². The molecule has 0 aromatic carbocycles. The van der Waals surface area contributed by atoms with Crippen LogP contribution in [0.15, 0.2) is 16.7 Å². The number of Topliss-reactive ketones (excluding diaryl/α,β-unsaturated/α-hetero) is 1. The molecule has 72 valence electrons. The summed E-state index contributed by atoms with van der Waals surface area (Å²) >= 11 is 0. The summed E-state index contributed by atoms with van der Waals surface area (Å²) < 4.78 is 5.12. The molecular formula is C10H15NO2. The maximum absolute atomic E-state index is 10.9. The molecule has 0 radical (unpaired) electrons. The number of nitrogens with zero attached hydrogens (tertiary/aromatic N) is 1. The molecule has 0 atom stereocenters. The molecule has 0 saturated heterocycles. The zero-order chi connectivity index (χ0) is 9.84. The van der Waals surface area contributed by atoms with E-state index in [4.69, 9.17) is 4.42 Å². The molecule has 13 heavy (non-hydrogen) atoms. The van der Waals surface area contributed by atoms with Crippen molar-refractivity contribution in [2.24, 2.45) is 0 Å². The number of carbonyl (C=O) groups is 1. The molecule has 0 unspecified atom stereocenters. The van der Waals surface area contributed by atoms with Crippen molar-refractivity contribution in [3.05, 3.63) is 18.1 Å². The fraction of sp³-hybridized carbons (Fsp3) is 0.500. The van der Waals surface area contributed by atoms with Gasteiger partial charge in [0.15, 0.2) is 11.5 Å². The van der Waals surface area contributed by atoms with E-state index in [9.17, 15) is 4.79 Å². The van der Waals surface area contributed by atoms with Crippen molar-refractivity contribution in [3.8, 4) is 0 Å². The predicted octanol–water partition coefficient (Wildman–Crippen LogP) is 2.33. The van der Waals surface area contributed by atoms with Gasteiger partial charge in [0, 0.05) is 26.1 Å². The van der Waals surface area contributed by atoms with E-state index < -0.39 is 0 Å². The number of carbonyl (C=O) groups excluding carboxylic acids is 1. The van der Waals surface area contributed by atoms with Gasteiger partial charge in [0.1, 0.15) is 6.26 Å². The first-order chi connectivity index (χ1) is 6.19. The van der Waals surface area contributed by atoms with Crippen LogP contribution >= 0.6 is 0 Å². The third-order valence-electron chi connectivity index (χ3n) is 2.06. The van der Waals surface area contributed by atoms with E-state index in [0.717, 1.165) is 18.8 Å². The van der Waals surface area contributed by atoms with Gasteiger partial charge in [-0.15, -0.1) is 0 Å². The van der Waals surface area contributed by atoms with Crippen LogP contribution < -0.4 is 4.90 Å². The molecule has 1 aromatic rings. The Morgan fingerprint density at radius 1 is 1.46 bits per heavy atom. The minimum Gasteiger partial charge on any atom is -0.459 e. The lowest BCUT2D eigenvalue weighted by Crippen LogP contribution is -2.20. The molecule has 3 heteroatoms. The molecule has 0 spiro atoms. The summed E-state index contributed by atoms with van der Waals surface area (Å²) in [5.74, 6) is 0.403. The van der Waals surface area contributed by atoms with Crippen LogP contribution in [-0.2, 0) is 0 Å². The molecule has 0 aliphatic rings. The smallest absolute Gasteiger partial charge is 0.194 e. The van der Waals surface area contributed by atoms with Crippen LogP contribution in [0, 0.1) is 0 Å². The molecule has 1 rings (SSSR count). The van der Waals surface area contributed by atoms with Crippen molar-refractivity contribution >= 4 is 11.5 Å². The zero-order valence-electron chi connectivity index (χ0n) is 8.33. The predicted molar refractivity (Wildman–Crippen MR) is 52.3 cm³/mol. The lowest BCUT2D eigenvalue weighted by atomic mass is 10.3. The molecule has 0 aliphatic heterocycles. The lowest BCUT2D eigenvalue weighted by Gasteiger charge is -2.17. The van der Waals surface area contributed by atoms with Crippen molar-refractivity contribution in [1.82, 2.24) is 0 Å². The summed E-state index contributed by atoms with van der Waals surface area (Å²) in [7, 11) is 0. The summed E-state index contributed by atoms with van der Waals surface area (Å²) in [4.78, 5) is 13.1. The van der Waals surface area contributed by atoms with E-state index in [1.807, 2.05) is 0 Å². The van der Waals surface area contributed by atoms with E-state index in [1.165, 1.54) is 6.92 Å². The second-order valence-electron chi connectivity index (χ2n) is 2.90. The minimum absolute atomic E-state index is 0.0293. The monoisotopic (exact) mass is 181 g/mol. The topological polar surface area (TPSA) is 33.5 Å². The van der Waals surface area contributed by atoms with Crippen LogP contribution in [0.5, 0.6) is 0 Å². The highest BCUT2D eigenvalue weighted by atomic mass is 16.3. The molecular weight excluding hydrogens is 166 g/mol. The van der Waals surface area contributed by atoms with Crippen LogP contribution in [-0.4, -0.2) is 18.9 Å². The van der Waals surface area contributed by atoms with Crippen LogP contribution in [0.25, 0.3) is 0 Å². The molecule has 0 N–H and O–H groups in total. The van der Waals surface area contributed by atoms with E-state index in [-0.39, 0.29) is 5.78 Å². The maximum Gasteiger partial charge on any atom is 0.194 e. The largest absolute Gasteiger partial charge is 0.459 e. The quantitative estimate of drug-likeness (QED) is 0.668. The van der Waals surface area contributed by atoms with Crippen molar-refractivity contribution < 1.29 is 9.21 Å². The second-order valence-corrected chi connectivity index (χ2v) is 2.90. The first kappa shape index (κ1) is 9.84. The fourth-order valence-corrected chi connectivity index (χ4v) is 1.27. The van der Waals surface area contributed by atoms with Crippen LogP contribution in [0.1, 0.15) is 31.3 Å². The van der Waals surface area contributed by atoms with Gasteiger partial charge < -0.3 is 9.32 Å². The molecule has 1 heterocycles. The summed E-state index contributed by atoms with van der Waals surface area (Å²) in [6, 6.07) is 1.79. The number of hydrogen-bond donors (Lipinski definition) is 0. The molecule has 0 amide bonds. The molecule has 0 aliphatic carbocycles. The Balaban J connectivity index is 2.84. The van der Waals surface area contributed by atoms with Crippen LogP contribution in [0.2, 0.25) is 0 Å². The molecule has 0 saturated carbocycles. The summed E-state index contributed by atoms with van der Waals surface area (Å²) in [5.41, 5.74) is 0.982. The average Bonchev–Trinajstić information content (AvgIpc) is 2.56. The van der Waals surface area contributed by atoms with Gasteiger partial charge in [0.2, 0.25) is 0 Å². The van der Waals surface area contributed by atoms with Gasteiger partial charge in [0.05, 0.1) is 5.69 Å². The molecule has 0 bridgehead atoms. The van der Waals surface area contributed by atoms with E-state index >= 15 is 0 Å². The van der Waals surface area contributed by atoms with Gasteiger partial charge in [-0.1, -0.05) is 0 Å². The number of ketones is 1. The van der Waals surface area contributed by atoms with Gasteiger partial charge in [0.25, 0.3) is 0 Å². The van der Waals surface area contributed by atoms with E-state index in [1.54, 1.807) is 12.3 Å². The third-order valence-corrected chi connectivity index (χ3v) is 2.06. The number of rotatable bonds is 4. The Morgan fingerprint density at radius 3 is 2.46 bits per heavy atom. The summed E-state index contributed by atoms with van der Waals surface area (Å²) in [6.45, 7) is 7.50. The maximum atomic E-state index is 10.9. The van der Waals surface area contributed by atoms with Crippen molar-refractivity contribution in [2.45, 2.75) is 20.8 Å². The van der Waals surface area contributed by atoms with E-state index in [0.29, 0.717) is 5.76 Å². The third kappa shape index (κ3) is 2.11. The normalized spacial score (nSPS) is 10.1. The SMILES string of the molecule is CCN(CC)c1coc(C(C)=O)c1. The Bertz CT molecular complexity index is 287. The zero-order valence-corrected chi connectivity index (χ0v) is 8.33. The average molecular weight is 181 g/mol. The highest BCUT2D eigenvalue weighted by Crippen LogP contribution is 2.18. The number of hydrogen-bond acceptors (Lipinski definition) is 3. The molecule has 3 nitrogen and oxygen atoms in total. The van der Waals surface area contributed by atoms with Crippen molar-refractivity contribution in [2.75, 3.05) is 18.0 Å². The first-order valence-corrected chi connectivity index (χ1v) is 4.53. The minimum atomic E-state index is -0.0293. The Labute approximate surface area is 78.3 Å². The van der Waals surface area contributed by atoms with Crippen molar-refractivity contribution in [3.63, 3.8) is 0 Å². The lowest BCUT2D eigenvalue weighted by molar-refractivity contribution is 0.0987. The Morgan fingerprint density at radius 2 is 2.08 bits per heavy atom. The van der Waals surface area contributed by atoms with Gasteiger partial charge in [-0.3, -0.25) is 4.79 Å². The van der Waals surface area contributed by atoms with Crippen LogP contribution in [0.4, 0.5) is 5.69 Å². The van der Waals surface area contributed by atoms with Crippen LogP contribution in [0.3, 0.4) is 0 Å².